The molecule has 2 aliphatic carbocycles. The number of hydrogen-bond acceptors (Lipinski definition) is 0. The van der Waals surface area contributed by atoms with E-state index in [1.54, 1.807) is 0 Å². The molecule has 23 heavy (non-hydrogen) atoms. The van der Waals surface area contributed by atoms with Crippen molar-refractivity contribution < 1.29 is 0 Å². The smallest absolute Gasteiger partial charge is 0.0350 e. The van der Waals surface area contributed by atoms with E-state index in [-0.39, 0.29) is 0 Å². The fraction of sp³-hybridized carbons (Fsp3) is 1.00. The van der Waals surface area contributed by atoms with Crippen molar-refractivity contribution in [3.8, 4) is 0 Å². The maximum Gasteiger partial charge on any atom is -0.0350 e. The van der Waals surface area contributed by atoms with Crippen LogP contribution in [0.1, 0.15) is 93.4 Å². The van der Waals surface area contributed by atoms with Crippen LogP contribution >= 0.6 is 0 Å². The van der Waals surface area contributed by atoms with Crippen LogP contribution in [0, 0.1) is 53.3 Å². The predicted octanol–water partition coefficient (Wildman–Crippen LogP) is 7.43. The minimum atomic E-state index is 0.907. The monoisotopic (exact) mass is 320 g/mol. The summed E-state index contributed by atoms with van der Waals surface area (Å²) in [6, 6.07) is 0. The third kappa shape index (κ3) is 4.55. The van der Waals surface area contributed by atoms with Crippen molar-refractivity contribution in [2.75, 3.05) is 0 Å². The predicted molar refractivity (Wildman–Crippen MR) is 103 cm³/mol. The fourth-order valence-electron chi connectivity index (χ4n) is 6.54. The highest BCUT2D eigenvalue weighted by Gasteiger charge is 2.43. The van der Waals surface area contributed by atoms with Gasteiger partial charge in [-0.25, -0.2) is 0 Å². The van der Waals surface area contributed by atoms with Crippen molar-refractivity contribution in [1.29, 1.82) is 0 Å². The first kappa shape index (κ1) is 19.3. The van der Waals surface area contributed by atoms with Crippen molar-refractivity contribution >= 4 is 0 Å². The molecular weight excluding hydrogens is 276 g/mol. The van der Waals surface area contributed by atoms with Crippen LogP contribution in [0.25, 0.3) is 0 Å². The van der Waals surface area contributed by atoms with E-state index in [1.165, 1.54) is 44.9 Å². The number of hydrogen-bond donors (Lipinski definition) is 0. The molecule has 0 saturated heterocycles. The largest absolute Gasteiger partial charge is 0.0651 e. The van der Waals surface area contributed by atoms with Gasteiger partial charge in [0, 0.05) is 0 Å². The van der Waals surface area contributed by atoms with Crippen LogP contribution in [0.3, 0.4) is 0 Å². The Morgan fingerprint density at radius 3 is 1.83 bits per heavy atom. The summed E-state index contributed by atoms with van der Waals surface area (Å²) < 4.78 is 0. The normalized spacial score (nSPS) is 49.4. The van der Waals surface area contributed by atoms with Crippen molar-refractivity contribution in [3.05, 3.63) is 0 Å². The van der Waals surface area contributed by atoms with Gasteiger partial charge in [0.15, 0.2) is 0 Å². The SMILES string of the molecule is CCC1CC(C)C[C@@H]2C(CC(C)[C@@H]2CC)C(C)C[C@@H](C)[C@@H](C)C1. The molecule has 2 aliphatic rings. The average molecular weight is 321 g/mol. The first-order chi connectivity index (χ1) is 10.9. The lowest BCUT2D eigenvalue weighted by Crippen LogP contribution is -2.24. The molecule has 0 aliphatic heterocycles. The van der Waals surface area contributed by atoms with Gasteiger partial charge in [-0.05, 0) is 85.4 Å². The van der Waals surface area contributed by atoms with Crippen LogP contribution in [0.2, 0.25) is 0 Å². The van der Waals surface area contributed by atoms with Crippen molar-refractivity contribution in [2.45, 2.75) is 93.4 Å². The number of rotatable bonds is 2. The summed E-state index contributed by atoms with van der Waals surface area (Å²) in [5.41, 5.74) is 0. The second-order valence-electron chi connectivity index (χ2n) is 9.87. The molecule has 5 unspecified atom stereocenters. The zero-order valence-corrected chi connectivity index (χ0v) is 17.1. The lowest BCUT2D eigenvalue weighted by atomic mass is 9.73. The summed E-state index contributed by atoms with van der Waals surface area (Å²) >= 11 is 0. The molecule has 2 saturated carbocycles. The molecule has 0 spiro atoms. The van der Waals surface area contributed by atoms with Gasteiger partial charge in [-0.3, -0.25) is 0 Å². The highest BCUT2D eigenvalue weighted by molar-refractivity contribution is 4.92. The molecule has 9 atom stereocenters. The van der Waals surface area contributed by atoms with Crippen LogP contribution in [0.15, 0.2) is 0 Å². The molecule has 136 valence electrons. The highest BCUT2D eigenvalue weighted by Crippen LogP contribution is 2.51. The summed E-state index contributed by atoms with van der Waals surface area (Å²) in [5, 5.41) is 0. The Hall–Kier alpha value is 0. The van der Waals surface area contributed by atoms with Gasteiger partial charge in [-0.1, -0.05) is 61.3 Å². The van der Waals surface area contributed by atoms with Gasteiger partial charge in [-0.15, -0.1) is 0 Å². The van der Waals surface area contributed by atoms with Crippen LogP contribution in [0.4, 0.5) is 0 Å². The summed E-state index contributed by atoms with van der Waals surface area (Å²) in [5.74, 6) is 8.62. The van der Waals surface area contributed by atoms with Gasteiger partial charge >= 0.3 is 0 Å². The molecule has 0 heteroatoms. The Bertz CT molecular complexity index is 346. The van der Waals surface area contributed by atoms with E-state index in [4.69, 9.17) is 0 Å². The molecule has 2 rings (SSSR count). The van der Waals surface area contributed by atoms with Gasteiger partial charge in [0.1, 0.15) is 0 Å². The van der Waals surface area contributed by atoms with E-state index in [2.05, 4.69) is 48.5 Å². The van der Waals surface area contributed by atoms with Crippen LogP contribution in [0.5, 0.6) is 0 Å². The minimum absolute atomic E-state index is 0.907. The summed E-state index contributed by atoms with van der Waals surface area (Å²) in [6.45, 7) is 17.6. The molecule has 0 nitrogen and oxygen atoms in total. The van der Waals surface area contributed by atoms with Gasteiger partial charge < -0.3 is 0 Å². The van der Waals surface area contributed by atoms with Crippen LogP contribution in [-0.2, 0) is 0 Å². The van der Waals surface area contributed by atoms with Crippen molar-refractivity contribution in [2.24, 2.45) is 53.3 Å². The summed E-state index contributed by atoms with van der Waals surface area (Å²) in [7, 11) is 0. The molecule has 0 heterocycles. The van der Waals surface area contributed by atoms with E-state index in [1.807, 2.05) is 0 Å². The lowest BCUT2D eigenvalue weighted by molar-refractivity contribution is 0.171. The van der Waals surface area contributed by atoms with E-state index >= 15 is 0 Å². The average Bonchev–Trinajstić information content (AvgIpc) is 2.80. The van der Waals surface area contributed by atoms with Crippen molar-refractivity contribution in [1.82, 2.24) is 0 Å². The van der Waals surface area contributed by atoms with E-state index in [9.17, 15) is 0 Å². The molecule has 0 bridgehead atoms. The molecule has 0 aromatic rings. The molecule has 0 amide bonds. The molecule has 0 N–H and O–H groups in total. The second-order valence-corrected chi connectivity index (χ2v) is 9.87. The zero-order valence-electron chi connectivity index (χ0n) is 17.1. The lowest BCUT2D eigenvalue weighted by Gasteiger charge is -2.32. The summed E-state index contributed by atoms with van der Waals surface area (Å²) in [6.07, 6.45) is 10.2. The van der Waals surface area contributed by atoms with E-state index in [0.29, 0.717) is 0 Å². The molecule has 2 fully saturated rings. The Balaban J connectivity index is 2.22. The maximum atomic E-state index is 2.59. The standard InChI is InChI=1S/C23H44/c1-8-20-10-15(3)11-23-21(9-2)19(7)14-22(23)18(6)12-16(4)17(5)13-20/h15-23H,8-14H2,1-7H3/t15?,16-,17+,18?,19?,20?,21+,22?,23+/m1/s1. The van der Waals surface area contributed by atoms with Crippen LogP contribution < -0.4 is 0 Å². The zero-order chi connectivity index (χ0) is 17.1. The highest BCUT2D eigenvalue weighted by atomic mass is 14.5. The number of fused-ring (bicyclic) bond motifs is 1. The first-order valence-corrected chi connectivity index (χ1v) is 10.9. The topological polar surface area (TPSA) is 0 Å². The molecule has 0 aromatic heterocycles. The Labute approximate surface area is 147 Å². The third-order valence-electron chi connectivity index (χ3n) is 8.08. The van der Waals surface area contributed by atoms with Gasteiger partial charge in [0.05, 0.1) is 0 Å². The Kier molecular flexibility index (Phi) is 7.05. The van der Waals surface area contributed by atoms with Crippen LogP contribution in [-0.4, -0.2) is 0 Å². The third-order valence-corrected chi connectivity index (χ3v) is 8.08. The summed E-state index contributed by atoms with van der Waals surface area (Å²) in [4.78, 5) is 0. The molecule has 0 radical (unpaired) electrons. The minimum Gasteiger partial charge on any atom is -0.0651 e. The Morgan fingerprint density at radius 2 is 1.22 bits per heavy atom. The quantitative estimate of drug-likeness (QED) is 0.496. The first-order valence-electron chi connectivity index (χ1n) is 10.9. The molecule has 0 aromatic carbocycles. The Morgan fingerprint density at radius 1 is 0.565 bits per heavy atom. The van der Waals surface area contributed by atoms with E-state index < -0.39 is 0 Å². The van der Waals surface area contributed by atoms with Gasteiger partial charge in [-0.2, -0.15) is 0 Å². The van der Waals surface area contributed by atoms with Gasteiger partial charge in [0.2, 0.25) is 0 Å². The van der Waals surface area contributed by atoms with Gasteiger partial charge in [0.25, 0.3) is 0 Å². The second kappa shape index (κ2) is 8.39. The van der Waals surface area contributed by atoms with Crippen molar-refractivity contribution in [3.63, 3.8) is 0 Å². The maximum absolute atomic E-state index is 2.59. The fourth-order valence-corrected chi connectivity index (χ4v) is 6.54. The van der Waals surface area contributed by atoms with E-state index in [0.717, 1.165) is 53.3 Å². The molecular formula is C23H44.